The van der Waals surface area contributed by atoms with Crippen molar-refractivity contribution in [2.45, 2.75) is 32.6 Å². The zero-order valence-electron chi connectivity index (χ0n) is 5.61. The van der Waals surface area contributed by atoms with Gasteiger partial charge in [-0.1, -0.05) is 26.2 Å². The second-order valence-corrected chi connectivity index (χ2v) is 2.01. The largest absolute Gasteiger partial charge is 0.366 e. The SMILES string of the molecule is [B]NCCCCCC. The number of hydrogen-bond donors (Lipinski definition) is 1. The van der Waals surface area contributed by atoms with Gasteiger partial charge in [0.25, 0.3) is 0 Å². The van der Waals surface area contributed by atoms with Crippen molar-refractivity contribution in [1.29, 1.82) is 0 Å². The van der Waals surface area contributed by atoms with Gasteiger partial charge in [-0.15, -0.1) is 0 Å². The summed E-state index contributed by atoms with van der Waals surface area (Å²) in [5.41, 5.74) is 0. The Kier molecular flexibility index (Phi) is 7.05. The van der Waals surface area contributed by atoms with Crippen molar-refractivity contribution in [1.82, 2.24) is 5.23 Å². The monoisotopic (exact) mass is 111 g/mol. The standard InChI is InChI=1S/C6H14BN/c1-2-3-4-5-6-8-7/h8H,2-6H2,1H3. The molecule has 0 saturated carbocycles. The fourth-order valence-corrected chi connectivity index (χ4v) is 0.654. The maximum atomic E-state index is 5.06. The van der Waals surface area contributed by atoms with E-state index in [9.17, 15) is 0 Å². The van der Waals surface area contributed by atoms with Crippen LogP contribution in [0.25, 0.3) is 0 Å². The Labute approximate surface area is 53.3 Å². The van der Waals surface area contributed by atoms with Crippen LogP contribution in [-0.4, -0.2) is 14.5 Å². The summed E-state index contributed by atoms with van der Waals surface area (Å²) < 4.78 is 0. The lowest BCUT2D eigenvalue weighted by molar-refractivity contribution is 0.660. The lowest BCUT2D eigenvalue weighted by Gasteiger charge is -1.95. The lowest BCUT2D eigenvalue weighted by Crippen LogP contribution is -2.09. The molecule has 0 aliphatic carbocycles. The van der Waals surface area contributed by atoms with Crippen molar-refractivity contribution >= 4 is 7.98 Å². The quantitative estimate of drug-likeness (QED) is 0.415. The van der Waals surface area contributed by atoms with Gasteiger partial charge in [0, 0.05) is 0 Å². The fourth-order valence-electron chi connectivity index (χ4n) is 0.654. The summed E-state index contributed by atoms with van der Waals surface area (Å²) in [6.07, 6.45) is 5.15. The average molecular weight is 111 g/mol. The van der Waals surface area contributed by atoms with E-state index in [0.29, 0.717) is 0 Å². The van der Waals surface area contributed by atoms with Crippen molar-refractivity contribution in [2.75, 3.05) is 6.54 Å². The van der Waals surface area contributed by atoms with Gasteiger partial charge in [0.15, 0.2) is 7.98 Å². The van der Waals surface area contributed by atoms with Crippen molar-refractivity contribution in [3.05, 3.63) is 0 Å². The summed E-state index contributed by atoms with van der Waals surface area (Å²) in [6, 6.07) is 0. The Morgan fingerprint density at radius 3 is 2.50 bits per heavy atom. The Morgan fingerprint density at radius 2 is 2.00 bits per heavy atom. The highest BCUT2D eigenvalue weighted by atomic mass is 14.7. The molecule has 0 fully saturated rings. The van der Waals surface area contributed by atoms with E-state index in [1.807, 2.05) is 0 Å². The summed E-state index contributed by atoms with van der Waals surface area (Å²) in [5, 5.41) is 2.63. The molecule has 0 bridgehead atoms. The van der Waals surface area contributed by atoms with Crippen LogP contribution in [0.4, 0.5) is 0 Å². The van der Waals surface area contributed by atoms with Crippen molar-refractivity contribution < 1.29 is 0 Å². The zero-order valence-corrected chi connectivity index (χ0v) is 5.61. The molecule has 8 heavy (non-hydrogen) atoms. The smallest absolute Gasteiger partial charge is 0.177 e. The molecule has 0 atom stereocenters. The van der Waals surface area contributed by atoms with E-state index in [-0.39, 0.29) is 0 Å². The molecule has 46 valence electrons. The van der Waals surface area contributed by atoms with Crippen LogP contribution in [-0.2, 0) is 0 Å². The maximum Gasteiger partial charge on any atom is 0.177 e. The molecule has 2 radical (unpaired) electrons. The summed E-state index contributed by atoms with van der Waals surface area (Å²) in [5.74, 6) is 0. The van der Waals surface area contributed by atoms with E-state index in [1.54, 1.807) is 0 Å². The second-order valence-electron chi connectivity index (χ2n) is 2.01. The molecule has 1 N–H and O–H groups in total. The van der Waals surface area contributed by atoms with Gasteiger partial charge in [-0.25, -0.2) is 0 Å². The van der Waals surface area contributed by atoms with E-state index in [0.717, 1.165) is 6.54 Å². The third kappa shape index (κ3) is 6.02. The van der Waals surface area contributed by atoms with Gasteiger partial charge in [0.05, 0.1) is 0 Å². The van der Waals surface area contributed by atoms with Gasteiger partial charge >= 0.3 is 0 Å². The molecule has 0 aliphatic rings. The molecule has 0 aromatic rings. The van der Waals surface area contributed by atoms with Gasteiger partial charge in [0.2, 0.25) is 0 Å². The topological polar surface area (TPSA) is 12.0 Å². The van der Waals surface area contributed by atoms with Crippen LogP contribution in [0.2, 0.25) is 0 Å². The number of nitrogens with one attached hydrogen (secondary N) is 1. The van der Waals surface area contributed by atoms with Crippen LogP contribution in [0.5, 0.6) is 0 Å². The van der Waals surface area contributed by atoms with E-state index in [4.69, 9.17) is 7.98 Å². The summed E-state index contributed by atoms with van der Waals surface area (Å²) >= 11 is 0. The van der Waals surface area contributed by atoms with Crippen molar-refractivity contribution in [3.63, 3.8) is 0 Å². The Morgan fingerprint density at radius 1 is 1.25 bits per heavy atom. The average Bonchev–Trinajstić information content (AvgIpc) is 1.81. The lowest BCUT2D eigenvalue weighted by atomic mass is 10.2. The molecule has 2 heteroatoms. The number of rotatable bonds is 5. The predicted octanol–water partition coefficient (Wildman–Crippen LogP) is 1.24. The first-order valence-electron chi connectivity index (χ1n) is 3.35. The van der Waals surface area contributed by atoms with Crippen molar-refractivity contribution in [3.8, 4) is 0 Å². The Hall–Kier alpha value is 0.0249. The molecular formula is C6H14BN. The van der Waals surface area contributed by atoms with E-state index < -0.39 is 0 Å². The molecule has 0 heterocycles. The van der Waals surface area contributed by atoms with Gasteiger partial charge in [-0.05, 0) is 13.0 Å². The van der Waals surface area contributed by atoms with Crippen LogP contribution in [0.15, 0.2) is 0 Å². The predicted molar refractivity (Wildman–Crippen MR) is 37.9 cm³/mol. The summed E-state index contributed by atoms with van der Waals surface area (Å²) in [7, 11) is 5.06. The number of unbranched alkanes of at least 4 members (excludes halogenated alkanes) is 3. The van der Waals surface area contributed by atoms with Gasteiger partial charge in [0.1, 0.15) is 0 Å². The summed E-state index contributed by atoms with van der Waals surface area (Å²) in [4.78, 5) is 0. The molecule has 0 aliphatic heterocycles. The van der Waals surface area contributed by atoms with Crippen LogP contribution in [0.3, 0.4) is 0 Å². The highest BCUT2D eigenvalue weighted by Crippen LogP contribution is 1.96. The molecule has 0 spiro atoms. The van der Waals surface area contributed by atoms with Gasteiger partial charge < -0.3 is 5.23 Å². The highest BCUT2D eigenvalue weighted by molar-refractivity contribution is 6.04. The van der Waals surface area contributed by atoms with E-state index >= 15 is 0 Å². The van der Waals surface area contributed by atoms with E-state index in [2.05, 4.69) is 12.2 Å². The first-order chi connectivity index (χ1) is 3.91. The molecule has 0 amide bonds. The van der Waals surface area contributed by atoms with Crippen LogP contribution >= 0.6 is 0 Å². The normalized spacial score (nSPS) is 9.62. The third-order valence-electron chi connectivity index (χ3n) is 1.17. The molecule has 1 nitrogen and oxygen atoms in total. The minimum atomic E-state index is 0.958. The highest BCUT2D eigenvalue weighted by Gasteiger charge is 1.82. The van der Waals surface area contributed by atoms with E-state index in [1.165, 1.54) is 25.7 Å². The Balaban J connectivity index is 2.53. The minimum absolute atomic E-state index is 0.958. The zero-order chi connectivity index (χ0) is 6.24. The molecule has 0 rings (SSSR count). The van der Waals surface area contributed by atoms with Gasteiger partial charge in [-0.2, -0.15) is 0 Å². The fraction of sp³-hybridized carbons (Fsp3) is 1.00. The van der Waals surface area contributed by atoms with Crippen LogP contribution in [0, 0.1) is 0 Å². The summed E-state index contributed by atoms with van der Waals surface area (Å²) in [6.45, 7) is 3.16. The van der Waals surface area contributed by atoms with Gasteiger partial charge in [-0.3, -0.25) is 0 Å². The first-order valence-corrected chi connectivity index (χ1v) is 3.35. The third-order valence-corrected chi connectivity index (χ3v) is 1.17. The van der Waals surface area contributed by atoms with Crippen LogP contribution < -0.4 is 5.23 Å². The number of hydrogen-bond acceptors (Lipinski definition) is 1. The maximum absolute atomic E-state index is 5.06. The first kappa shape index (κ1) is 8.02. The Bertz CT molecular complexity index is 33.5. The second kappa shape index (κ2) is 7.02. The molecule has 0 aromatic heterocycles. The molecule has 0 saturated heterocycles. The molecule has 0 aromatic carbocycles. The molecule has 0 unspecified atom stereocenters. The molecular weight excluding hydrogens is 96.9 g/mol. The van der Waals surface area contributed by atoms with Crippen molar-refractivity contribution in [2.24, 2.45) is 0 Å². The van der Waals surface area contributed by atoms with Crippen LogP contribution in [0.1, 0.15) is 32.6 Å². The minimum Gasteiger partial charge on any atom is -0.366 e.